The van der Waals surface area contributed by atoms with Crippen LogP contribution in [-0.2, 0) is 27.9 Å². The van der Waals surface area contributed by atoms with Crippen molar-refractivity contribution in [1.29, 1.82) is 0 Å². The summed E-state index contributed by atoms with van der Waals surface area (Å²) in [6.07, 6.45) is 61.8. The van der Waals surface area contributed by atoms with Crippen LogP contribution in [0.15, 0.2) is 85.1 Å². The number of carbonyl (C=O) groups excluding carboxylic acids is 1. The van der Waals surface area contributed by atoms with Crippen molar-refractivity contribution in [2.24, 2.45) is 0 Å². The van der Waals surface area contributed by atoms with Crippen molar-refractivity contribution in [3.8, 4) is 0 Å². The quantitative estimate of drug-likeness (QED) is 0.0197. The Morgan fingerprint density at radius 2 is 0.873 bits per heavy atom. The van der Waals surface area contributed by atoms with Gasteiger partial charge in [0, 0.05) is 13.0 Å². The summed E-state index contributed by atoms with van der Waals surface area (Å²) in [6.45, 7) is 5.16. The molecular weight excluding hydrogens is 806 g/mol. The Hall–Kier alpha value is -2.32. The fourth-order valence-corrected chi connectivity index (χ4v) is 7.34. The third-order valence-electron chi connectivity index (χ3n) is 10.4. The number of ether oxygens (including phenoxy) is 2. The summed E-state index contributed by atoms with van der Waals surface area (Å²) in [5.74, 6) is -0.353. The lowest BCUT2D eigenvalue weighted by atomic mass is 10.0. The lowest BCUT2D eigenvalue weighted by molar-refractivity contribution is -0.870. The molecular formula is C54H96NO7P. The Kier molecular flexibility index (Phi) is 44.5. The molecule has 0 saturated carbocycles. The van der Waals surface area contributed by atoms with E-state index in [1.807, 2.05) is 21.1 Å². The minimum absolute atomic E-state index is 0.0185. The molecule has 9 heteroatoms. The van der Waals surface area contributed by atoms with Crippen LogP contribution in [-0.4, -0.2) is 70.7 Å². The van der Waals surface area contributed by atoms with E-state index in [1.54, 1.807) is 0 Å². The molecule has 364 valence electrons. The first-order valence-electron chi connectivity index (χ1n) is 25.3. The molecule has 2 atom stereocenters. The van der Waals surface area contributed by atoms with Crippen molar-refractivity contribution in [3.63, 3.8) is 0 Å². The molecule has 2 unspecified atom stereocenters. The Labute approximate surface area is 388 Å². The molecule has 0 bridgehead atoms. The molecule has 0 aromatic carbocycles. The van der Waals surface area contributed by atoms with Crippen LogP contribution in [0.3, 0.4) is 0 Å². The molecule has 0 radical (unpaired) electrons. The Bertz CT molecular complexity index is 1280. The molecule has 0 N–H and O–H groups in total. The van der Waals surface area contributed by atoms with Crippen molar-refractivity contribution in [2.75, 3.05) is 54.1 Å². The second kappa shape index (κ2) is 46.2. The predicted octanol–water partition coefficient (Wildman–Crippen LogP) is 15.0. The smallest absolute Gasteiger partial charge is 0.306 e. The van der Waals surface area contributed by atoms with Gasteiger partial charge in [-0.05, 0) is 83.5 Å². The van der Waals surface area contributed by atoms with E-state index >= 15 is 0 Å². The van der Waals surface area contributed by atoms with Gasteiger partial charge < -0.3 is 27.9 Å². The van der Waals surface area contributed by atoms with Gasteiger partial charge in [-0.1, -0.05) is 189 Å². The van der Waals surface area contributed by atoms with E-state index in [4.69, 9.17) is 18.5 Å². The standard InChI is InChI=1S/C54H96NO7P/c1-6-8-10-12-14-16-18-20-22-23-24-25-26-27-28-29-30-31-32-34-36-38-40-42-44-46-49-59-51-53(52-61-63(57,58)60-50-48-55(3,4)5)62-54(56)47-45-43-41-39-37-35-33-21-19-17-15-13-11-9-7-2/h8-11,14-17,20-22,24-25,33,53H,6-7,12-13,18-19,23,26-32,34-52H2,1-5H3/b10-8-,11-9-,16-14-,17-15-,22-20-,25-24-,33-21-. The van der Waals surface area contributed by atoms with E-state index in [1.165, 1.54) is 77.0 Å². The van der Waals surface area contributed by atoms with Gasteiger partial charge >= 0.3 is 5.97 Å². The summed E-state index contributed by atoms with van der Waals surface area (Å²) in [4.78, 5) is 25.1. The van der Waals surface area contributed by atoms with Crippen LogP contribution in [0, 0.1) is 0 Å². The number of hydrogen-bond donors (Lipinski definition) is 0. The topological polar surface area (TPSA) is 94.1 Å². The second-order valence-corrected chi connectivity index (χ2v) is 19.2. The minimum atomic E-state index is -4.54. The first kappa shape index (κ1) is 60.7. The van der Waals surface area contributed by atoms with Gasteiger partial charge in [0.1, 0.15) is 19.3 Å². The number of phosphoric ester groups is 1. The number of quaternary nitrogens is 1. The number of unbranched alkanes of at least 4 members (excludes halogenated alkanes) is 18. The maximum atomic E-state index is 12.7. The average molecular weight is 902 g/mol. The highest BCUT2D eigenvalue weighted by Crippen LogP contribution is 2.38. The summed E-state index contributed by atoms with van der Waals surface area (Å²) in [6, 6.07) is 0. The monoisotopic (exact) mass is 902 g/mol. The van der Waals surface area contributed by atoms with Crippen molar-refractivity contribution in [2.45, 2.75) is 200 Å². The molecule has 0 aliphatic rings. The minimum Gasteiger partial charge on any atom is -0.756 e. The SMILES string of the molecule is CC/C=C\C/C=C\C/C=C\C/C=C\CCCCCCCCCCCCCCCOCC(COP(=O)([O-])OCC[N+](C)(C)C)OC(=O)CCCCCCC/C=C\C/C=C\C/C=C\CC. The number of phosphoric acid groups is 1. The van der Waals surface area contributed by atoms with Gasteiger partial charge in [-0.25, -0.2) is 0 Å². The predicted molar refractivity (Wildman–Crippen MR) is 268 cm³/mol. The highest BCUT2D eigenvalue weighted by molar-refractivity contribution is 7.45. The normalized spacial score (nSPS) is 14.3. The molecule has 0 amide bonds. The molecule has 0 fully saturated rings. The lowest BCUT2D eigenvalue weighted by Crippen LogP contribution is -2.37. The van der Waals surface area contributed by atoms with Gasteiger partial charge in [-0.3, -0.25) is 9.36 Å². The van der Waals surface area contributed by atoms with Crippen LogP contribution in [0.25, 0.3) is 0 Å². The number of carbonyl (C=O) groups is 1. The first-order valence-corrected chi connectivity index (χ1v) is 26.8. The molecule has 0 heterocycles. The second-order valence-electron chi connectivity index (χ2n) is 17.8. The maximum absolute atomic E-state index is 12.7. The van der Waals surface area contributed by atoms with Crippen LogP contribution in [0.5, 0.6) is 0 Å². The Morgan fingerprint density at radius 3 is 1.30 bits per heavy atom. The molecule has 0 aliphatic heterocycles. The van der Waals surface area contributed by atoms with Gasteiger partial charge in [0.05, 0.1) is 34.4 Å². The summed E-state index contributed by atoms with van der Waals surface area (Å²) < 4.78 is 34.7. The van der Waals surface area contributed by atoms with E-state index in [0.717, 1.165) is 96.3 Å². The largest absolute Gasteiger partial charge is 0.756 e. The molecule has 0 saturated heterocycles. The molecule has 0 rings (SSSR count). The van der Waals surface area contributed by atoms with Crippen LogP contribution >= 0.6 is 7.82 Å². The summed E-state index contributed by atoms with van der Waals surface area (Å²) in [7, 11) is 1.33. The van der Waals surface area contributed by atoms with E-state index in [-0.39, 0.29) is 25.8 Å². The third-order valence-corrected chi connectivity index (χ3v) is 11.4. The van der Waals surface area contributed by atoms with Crippen LogP contribution < -0.4 is 4.89 Å². The van der Waals surface area contributed by atoms with E-state index in [0.29, 0.717) is 24.1 Å². The van der Waals surface area contributed by atoms with Gasteiger partial charge in [0.15, 0.2) is 0 Å². The zero-order valence-corrected chi connectivity index (χ0v) is 42.1. The van der Waals surface area contributed by atoms with Gasteiger partial charge in [0.2, 0.25) is 0 Å². The highest BCUT2D eigenvalue weighted by Gasteiger charge is 2.20. The third kappa shape index (κ3) is 50.5. The number of rotatable bonds is 46. The average Bonchev–Trinajstić information content (AvgIpc) is 3.24. The van der Waals surface area contributed by atoms with E-state index in [2.05, 4.69) is 98.9 Å². The van der Waals surface area contributed by atoms with Crippen molar-refractivity contribution in [3.05, 3.63) is 85.1 Å². The number of esters is 1. The van der Waals surface area contributed by atoms with Crippen molar-refractivity contribution < 1.29 is 37.3 Å². The van der Waals surface area contributed by atoms with Gasteiger partial charge in [0.25, 0.3) is 7.82 Å². The highest BCUT2D eigenvalue weighted by atomic mass is 31.2. The molecule has 0 aromatic heterocycles. The summed E-state index contributed by atoms with van der Waals surface area (Å²) in [5, 5.41) is 0. The molecule has 0 spiro atoms. The van der Waals surface area contributed by atoms with Crippen molar-refractivity contribution in [1.82, 2.24) is 0 Å². The van der Waals surface area contributed by atoms with Crippen molar-refractivity contribution >= 4 is 13.8 Å². The summed E-state index contributed by atoms with van der Waals surface area (Å²) >= 11 is 0. The number of hydrogen-bond acceptors (Lipinski definition) is 7. The molecule has 63 heavy (non-hydrogen) atoms. The van der Waals surface area contributed by atoms with Gasteiger partial charge in [-0.2, -0.15) is 0 Å². The van der Waals surface area contributed by atoms with Crippen LogP contribution in [0.4, 0.5) is 0 Å². The van der Waals surface area contributed by atoms with E-state index < -0.39 is 13.9 Å². The lowest BCUT2D eigenvalue weighted by Gasteiger charge is -2.28. The zero-order valence-electron chi connectivity index (χ0n) is 41.2. The Morgan fingerprint density at radius 1 is 0.492 bits per heavy atom. The van der Waals surface area contributed by atoms with Gasteiger partial charge in [-0.15, -0.1) is 0 Å². The Balaban J connectivity index is 4.11. The zero-order chi connectivity index (χ0) is 46.2. The molecule has 8 nitrogen and oxygen atoms in total. The fraction of sp³-hybridized carbons (Fsp3) is 0.722. The van der Waals surface area contributed by atoms with Crippen LogP contribution in [0.1, 0.15) is 194 Å². The number of nitrogens with zero attached hydrogens (tertiary/aromatic N) is 1. The van der Waals surface area contributed by atoms with Crippen LogP contribution in [0.2, 0.25) is 0 Å². The fourth-order valence-electron chi connectivity index (χ4n) is 6.61. The number of allylic oxidation sites excluding steroid dienone is 14. The molecule has 0 aliphatic carbocycles. The first-order chi connectivity index (χ1) is 30.6. The number of likely N-dealkylation sites (N-methyl/N-ethyl adjacent to an activating group) is 1. The maximum Gasteiger partial charge on any atom is 0.306 e. The molecule has 0 aromatic rings. The van der Waals surface area contributed by atoms with E-state index in [9.17, 15) is 14.3 Å². The summed E-state index contributed by atoms with van der Waals surface area (Å²) in [5.41, 5.74) is 0.